The standard InChI is InChI=1S/C28H24Cl3N5O4S/c1-18-7-8-19(15-24(18)30)33-41(39,40)21-9-10-23(29)22(16-21)27(37)35-13-11-34(12-14-35)25-17-32-36(28(38)26(25)31)20-5-3-2-4-6-20/h2-10,15-17,33H,11-14H2,1H3. The van der Waals surface area contributed by atoms with Gasteiger partial charge in [-0.05, 0) is 55.0 Å². The van der Waals surface area contributed by atoms with Crippen LogP contribution in [0.1, 0.15) is 15.9 Å². The maximum absolute atomic E-state index is 13.4. The number of para-hydroxylation sites is 1. The summed E-state index contributed by atoms with van der Waals surface area (Å²) >= 11 is 18.9. The molecule has 1 fully saturated rings. The summed E-state index contributed by atoms with van der Waals surface area (Å²) in [4.78, 5) is 29.6. The van der Waals surface area contributed by atoms with Gasteiger partial charge in [0.2, 0.25) is 0 Å². The first-order valence-electron chi connectivity index (χ1n) is 12.5. The van der Waals surface area contributed by atoms with E-state index in [9.17, 15) is 18.0 Å². The highest BCUT2D eigenvalue weighted by Gasteiger charge is 2.27. The number of aromatic nitrogens is 2. The number of sulfonamides is 1. The molecule has 0 aliphatic carbocycles. The number of hydrogen-bond acceptors (Lipinski definition) is 6. The van der Waals surface area contributed by atoms with Gasteiger partial charge in [0.05, 0.1) is 38.7 Å². The number of carbonyl (C=O) groups excluding carboxylic acids is 1. The Morgan fingerprint density at radius 3 is 2.29 bits per heavy atom. The summed E-state index contributed by atoms with van der Waals surface area (Å²) < 4.78 is 29.8. The summed E-state index contributed by atoms with van der Waals surface area (Å²) in [6.45, 7) is 3.17. The van der Waals surface area contributed by atoms with E-state index in [-0.39, 0.29) is 20.5 Å². The maximum Gasteiger partial charge on any atom is 0.292 e. The van der Waals surface area contributed by atoms with Crippen molar-refractivity contribution >= 4 is 62.1 Å². The molecule has 0 atom stereocenters. The van der Waals surface area contributed by atoms with E-state index in [1.54, 1.807) is 41.3 Å². The van der Waals surface area contributed by atoms with Gasteiger partial charge in [-0.15, -0.1) is 0 Å². The third-order valence-electron chi connectivity index (χ3n) is 6.71. The molecule has 3 aromatic carbocycles. The Labute approximate surface area is 251 Å². The molecule has 1 N–H and O–H groups in total. The molecule has 1 aromatic heterocycles. The first-order valence-corrected chi connectivity index (χ1v) is 15.1. The molecule has 0 bridgehead atoms. The van der Waals surface area contributed by atoms with Gasteiger partial charge in [0.25, 0.3) is 21.5 Å². The third-order valence-corrected chi connectivity index (χ3v) is 9.18. The van der Waals surface area contributed by atoms with Crippen LogP contribution in [-0.4, -0.2) is 55.2 Å². The summed E-state index contributed by atoms with van der Waals surface area (Å²) in [5.74, 6) is -0.409. The number of nitrogens with one attached hydrogen (secondary N) is 1. The molecule has 0 radical (unpaired) electrons. The minimum atomic E-state index is -4.02. The third kappa shape index (κ3) is 6.06. The predicted octanol–water partition coefficient (Wildman–Crippen LogP) is 5.26. The van der Waals surface area contributed by atoms with E-state index in [2.05, 4.69) is 9.82 Å². The summed E-state index contributed by atoms with van der Waals surface area (Å²) in [7, 11) is -4.02. The average molecular weight is 633 g/mol. The molecule has 212 valence electrons. The normalized spacial score (nSPS) is 13.8. The van der Waals surface area contributed by atoms with Crippen LogP contribution in [0.3, 0.4) is 0 Å². The smallest absolute Gasteiger partial charge is 0.292 e. The lowest BCUT2D eigenvalue weighted by Gasteiger charge is -2.36. The molecule has 2 heterocycles. The molecule has 13 heteroatoms. The Kier molecular flexibility index (Phi) is 8.28. The second-order valence-electron chi connectivity index (χ2n) is 9.39. The fourth-order valence-electron chi connectivity index (χ4n) is 4.42. The van der Waals surface area contributed by atoms with Gasteiger partial charge in [-0.2, -0.15) is 9.78 Å². The second-order valence-corrected chi connectivity index (χ2v) is 12.3. The van der Waals surface area contributed by atoms with E-state index in [0.717, 1.165) is 5.56 Å². The zero-order valence-electron chi connectivity index (χ0n) is 21.7. The highest BCUT2D eigenvalue weighted by molar-refractivity contribution is 7.92. The Bertz CT molecular complexity index is 1790. The molecule has 1 aliphatic rings. The van der Waals surface area contributed by atoms with Crippen LogP contribution < -0.4 is 15.2 Å². The number of amides is 1. The Morgan fingerprint density at radius 1 is 0.902 bits per heavy atom. The minimum Gasteiger partial charge on any atom is -0.365 e. The Balaban J connectivity index is 1.30. The van der Waals surface area contributed by atoms with Crippen LogP contribution in [0.5, 0.6) is 0 Å². The molecular formula is C28H24Cl3N5O4S. The van der Waals surface area contributed by atoms with Crippen LogP contribution in [0, 0.1) is 6.92 Å². The predicted molar refractivity (Wildman–Crippen MR) is 161 cm³/mol. The number of aryl methyl sites for hydroxylation is 1. The van der Waals surface area contributed by atoms with E-state index in [1.807, 2.05) is 17.9 Å². The molecule has 1 aliphatic heterocycles. The lowest BCUT2D eigenvalue weighted by Crippen LogP contribution is -2.49. The average Bonchev–Trinajstić information content (AvgIpc) is 2.96. The molecule has 1 amide bonds. The zero-order valence-corrected chi connectivity index (χ0v) is 24.8. The second kappa shape index (κ2) is 11.7. The summed E-state index contributed by atoms with van der Waals surface area (Å²) in [5, 5.41) is 4.87. The van der Waals surface area contributed by atoms with Crippen LogP contribution in [0.4, 0.5) is 11.4 Å². The first kappa shape index (κ1) is 28.9. The van der Waals surface area contributed by atoms with Crippen molar-refractivity contribution in [2.45, 2.75) is 11.8 Å². The van der Waals surface area contributed by atoms with Gasteiger partial charge < -0.3 is 9.80 Å². The van der Waals surface area contributed by atoms with Crippen LogP contribution in [-0.2, 0) is 10.0 Å². The van der Waals surface area contributed by atoms with Crippen molar-refractivity contribution < 1.29 is 13.2 Å². The van der Waals surface area contributed by atoms with Crippen molar-refractivity contribution in [3.8, 4) is 5.69 Å². The lowest BCUT2D eigenvalue weighted by atomic mass is 10.1. The van der Waals surface area contributed by atoms with Gasteiger partial charge in [-0.25, -0.2) is 8.42 Å². The molecule has 41 heavy (non-hydrogen) atoms. The monoisotopic (exact) mass is 631 g/mol. The molecule has 0 saturated carbocycles. The quantitative estimate of drug-likeness (QED) is 0.311. The molecule has 0 unspecified atom stereocenters. The number of piperazine rings is 1. The van der Waals surface area contributed by atoms with Gasteiger partial charge in [-0.3, -0.25) is 14.3 Å². The van der Waals surface area contributed by atoms with Gasteiger partial charge >= 0.3 is 0 Å². The van der Waals surface area contributed by atoms with Crippen molar-refractivity contribution in [3.63, 3.8) is 0 Å². The van der Waals surface area contributed by atoms with E-state index in [4.69, 9.17) is 34.8 Å². The minimum absolute atomic E-state index is 0.0342. The number of halogens is 3. The number of hydrogen-bond donors (Lipinski definition) is 1. The molecule has 9 nitrogen and oxygen atoms in total. The van der Waals surface area contributed by atoms with E-state index in [1.165, 1.54) is 35.1 Å². The molecule has 0 spiro atoms. The molecular weight excluding hydrogens is 609 g/mol. The van der Waals surface area contributed by atoms with Crippen LogP contribution >= 0.6 is 34.8 Å². The number of carbonyl (C=O) groups is 1. The number of rotatable bonds is 6. The van der Waals surface area contributed by atoms with Crippen LogP contribution in [0.2, 0.25) is 15.1 Å². The first-order chi connectivity index (χ1) is 19.5. The fourth-order valence-corrected chi connectivity index (χ4v) is 6.13. The van der Waals surface area contributed by atoms with E-state index >= 15 is 0 Å². The van der Waals surface area contributed by atoms with E-state index < -0.39 is 21.5 Å². The summed E-state index contributed by atoms with van der Waals surface area (Å²) in [6, 6.07) is 17.8. The van der Waals surface area contributed by atoms with Crippen molar-refractivity contribution in [1.29, 1.82) is 0 Å². The number of anilines is 2. The van der Waals surface area contributed by atoms with Gasteiger partial charge in [0, 0.05) is 31.2 Å². The molecule has 4 aromatic rings. The number of nitrogens with zero attached hydrogens (tertiary/aromatic N) is 4. The highest BCUT2D eigenvalue weighted by Crippen LogP contribution is 2.27. The largest absolute Gasteiger partial charge is 0.365 e. The van der Waals surface area contributed by atoms with Crippen molar-refractivity contribution in [2.75, 3.05) is 35.8 Å². The SMILES string of the molecule is Cc1ccc(NS(=O)(=O)c2ccc(Cl)c(C(=O)N3CCN(c4cnn(-c5ccccc5)c(=O)c4Cl)CC3)c2)cc1Cl. The van der Waals surface area contributed by atoms with Crippen LogP contribution in [0.25, 0.3) is 5.69 Å². The lowest BCUT2D eigenvalue weighted by molar-refractivity contribution is 0.0746. The topological polar surface area (TPSA) is 105 Å². The summed E-state index contributed by atoms with van der Waals surface area (Å²) in [5.41, 5.74) is 1.80. The highest BCUT2D eigenvalue weighted by atomic mass is 35.5. The number of benzene rings is 3. The van der Waals surface area contributed by atoms with E-state index in [0.29, 0.717) is 48.3 Å². The molecule has 5 rings (SSSR count). The van der Waals surface area contributed by atoms with Crippen LogP contribution in [0.15, 0.2) is 82.6 Å². The van der Waals surface area contributed by atoms with Crippen molar-refractivity contribution in [3.05, 3.63) is 109 Å². The zero-order chi connectivity index (χ0) is 29.3. The Hall–Kier alpha value is -3.57. The van der Waals surface area contributed by atoms with Crippen molar-refractivity contribution in [1.82, 2.24) is 14.7 Å². The fraction of sp³-hybridized carbons (Fsp3) is 0.179. The van der Waals surface area contributed by atoms with Gasteiger partial charge in [0.15, 0.2) is 0 Å². The Morgan fingerprint density at radius 2 is 1.61 bits per heavy atom. The van der Waals surface area contributed by atoms with Crippen molar-refractivity contribution in [2.24, 2.45) is 0 Å². The molecule has 1 saturated heterocycles. The van der Waals surface area contributed by atoms with Gasteiger partial charge in [0.1, 0.15) is 5.02 Å². The summed E-state index contributed by atoms with van der Waals surface area (Å²) in [6.07, 6.45) is 1.54. The maximum atomic E-state index is 13.4. The van der Waals surface area contributed by atoms with Gasteiger partial charge in [-0.1, -0.05) is 59.1 Å².